The minimum Gasteiger partial charge on any atom is -0.465 e. The Morgan fingerprint density at radius 1 is 1.43 bits per heavy atom. The van der Waals surface area contributed by atoms with Gasteiger partial charge >= 0.3 is 6.09 Å². The number of ether oxygens (including phenoxy) is 1. The van der Waals surface area contributed by atoms with Gasteiger partial charge < -0.3 is 20.5 Å². The molecule has 3 N–H and O–H groups in total. The number of nitrogens with zero attached hydrogens (tertiary/aromatic N) is 5. The molecule has 1 aliphatic rings. The molecular formula is C18H19FN6O3. The SMILES string of the molecule is CN(C(=O)O)C1CN(Cc2ccn3ncnc(Oc4ccc(N)cc4F)c23)C1. The first-order chi connectivity index (χ1) is 13.4. The first-order valence-corrected chi connectivity index (χ1v) is 8.64. The number of rotatable bonds is 5. The Hall–Kier alpha value is -3.40. The number of aromatic nitrogens is 3. The summed E-state index contributed by atoms with van der Waals surface area (Å²) >= 11 is 0. The lowest BCUT2D eigenvalue weighted by Crippen LogP contribution is -2.58. The van der Waals surface area contributed by atoms with Crippen molar-refractivity contribution in [2.75, 3.05) is 25.9 Å². The van der Waals surface area contributed by atoms with Crippen molar-refractivity contribution in [3.05, 3.63) is 48.2 Å². The number of carboxylic acid groups (broad SMARTS) is 1. The van der Waals surface area contributed by atoms with Crippen molar-refractivity contribution < 1.29 is 19.0 Å². The molecule has 1 amide bonds. The van der Waals surface area contributed by atoms with Gasteiger partial charge in [-0.2, -0.15) is 10.1 Å². The Morgan fingerprint density at radius 3 is 2.93 bits per heavy atom. The van der Waals surface area contributed by atoms with Crippen molar-refractivity contribution in [2.24, 2.45) is 0 Å². The third-order valence-electron chi connectivity index (χ3n) is 4.85. The van der Waals surface area contributed by atoms with Crippen LogP contribution in [-0.4, -0.2) is 61.8 Å². The van der Waals surface area contributed by atoms with Crippen LogP contribution >= 0.6 is 0 Å². The highest BCUT2D eigenvalue weighted by Crippen LogP contribution is 2.30. The number of likely N-dealkylation sites (tertiary alicyclic amines) is 1. The van der Waals surface area contributed by atoms with Gasteiger partial charge in [-0.25, -0.2) is 13.7 Å². The third-order valence-corrected chi connectivity index (χ3v) is 4.85. The molecule has 9 nitrogen and oxygen atoms in total. The fourth-order valence-corrected chi connectivity index (χ4v) is 3.21. The molecule has 3 aromatic rings. The fraction of sp³-hybridized carbons (Fsp3) is 0.278. The highest BCUT2D eigenvalue weighted by atomic mass is 19.1. The van der Waals surface area contributed by atoms with Crippen molar-refractivity contribution in [2.45, 2.75) is 12.6 Å². The molecule has 1 saturated heterocycles. The monoisotopic (exact) mass is 386 g/mol. The summed E-state index contributed by atoms with van der Waals surface area (Å²) in [5, 5.41) is 13.2. The van der Waals surface area contributed by atoms with Crippen molar-refractivity contribution in [3.8, 4) is 11.6 Å². The topological polar surface area (TPSA) is 109 Å². The van der Waals surface area contributed by atoms with Crippen LogP contribution in [0.5, 0.6) is 11.6 Å². The molecule has 0 radical (unpaired) electrons. The van der Waals surface area contributed by atoms with E-state index in [1.165, 1.54) is 23.4 Å². The summed E-state index contributed by atoms with van der Waals surface area (Å²) in [5.41, 5.74) is 7.42. The molecule has 4 rings (SSSR count). The lowest BCUT2D eigenvalue weighted by atomic mass is 10.1. The van der Waals surface area contributed by atoms with Gasteiger partial charge in [-0.3, -0.25) is 4.90 Å². The van der Waals surface area contributed by atoms with Crippen molar-refractivity contribution in [3.63, 3.8) is 0 Å². The van der Waals surface area contributed by atoms with E-state index < -0.39 is 11.9 Å². The second kappa shape index (κ2) is 6.97. The Kier molecular flexibility index (Phi) is 4.47. The number of hydrogen-bond donors (Lipinski definition) is 2. The van der Waals surface area contributed by atoms with E-state index in [1.54, 1.807) is 23.8 Å². The largest absolute Gasteiger partial charge is 0.465 e. The maximum atomic E-state index is 14.1. The average molecular weight is 386 g/mol. The minimum atomic E-state index is -0.937. The predicted molar refractivity (Wildman–Crippen MR) is 98.7 cm³/mol. The Balaban J connectivity index is 1.55. The number of carbonyl (C=O) groups is 1. The summed E-state index contributed by atoms with van der Waals surface area (Å²) in [6.07, 6.45) is 2.18. The molecular weight excluding hydrogens is 367 g/mol. The summed E-state index contributed by atoms with van der Waals surface area (Å²) in [6, 6.07) is 6.06. The van der Waals surface area contributed by atoms with Gasteiger partial charge in [-0.1, -0.05) is 0 Å². The summed E-state index contributed by atoms with van der Waals surface area (Å²) in [6.45, 7) is 1.85. The second-order valence-electron chi connectivity index (χ2n) is 6.73. The van der Waals surface area contributed by atoms with E-state index in [-0.39, 0.29) is 17.7 Å². The smallest absolute Gasteiger partial charge is 0.407 e. The van der Waals surface area contributed by atoms with Gasteiger partial charge in [-0.05, 0) is 23.8 Å². The standard InChI is InChI=1S/C18H19FN6O3/c1-23(18(26)27)13-8-24(9-13)7-11-4-5-25-16(11)17(21-10-22-25)28-15-3-2-12(20)6-14(15)19/h2-6,10,13H,7-9,20H2,1H3,(H,26,27). The van der Waals surface area contributed by atoms with Crippen LogP contribution in [0.3, 0.4) is 0 Å². The van der Waals surface area contributed by atoms with Crippen LogP contribution in [0, 0.1) is 5.82 Å². The molecule has 0 spiro atoms. The van der Waals surface area contributed by atoms with Crippen LogP contribution in [0.25, 0.3) is 5.52 Å². The zero-order valence-corrected chi connectivity index (χ0v) is 15.1. The summed E-state index contributed by atoms with van der Waals surface area (Å²) in [7, 11) is 1.57. The molecule has 1 aliphatic heterocycles. The number of benzene rings is 1. The minimum absolute atomic E-state index is 0.0223. The Morgan fingerprint density at radius 2 is 2.21 bits per heavy atom. The number of amides is 1. The second-order valence-corrected chi connectivity index (χ2v) is 6.73. The number of fused-ring (bicyclic) bond motifs is 1. The van der Waals surface area contributed by atoms with Gasteiger partial charge in [0.2, 0.25) is 5.88 Å². The van der Waals surface area contributed by atoms with Gasteiger partial charge in [0.15, 0.2) is 11.6 Å². The lowest BCUT2D eigenvalue weighted by molar-refractivity contribution is 0.0445. The maximum Gasteiger partial charge on any atom is 0.407 e. The van der Waals surface area contributed by atoms with E-state index in [4.69, 9.17) is 15.6 Å². The van der Waals surface area contributed by atoms with Gasteiger partial charge in [0, 0.05) is 44.6 Å². The van der Waals surface area contributed by atoms with Gasteiger partial charge in [-0.15, -0.1) is 0 Å². The van der Waals surface area contributed by atoms with Gasteiger partial charge in [0.25, 0.3) is 0 Å². The van der Waals surface area contributed by atoms with Gasteiger partial charge in [0.1, 0.15) is 11.8 Å². The molecule has 0 bridgehead atoms. The quantitative estimate of drug-likeness (QED) is 0.646. The molecule has 0 atom stereocenters. The summed E-state index contributed by atoms with van der Waals surface area (Å²) < 4.78 is 21.4. The molecule has 1 fully saturated rings. The van der Waals surface area contributed by atoms with Crippen LogP contribution in [0.4, 0.5) is 14.9 Å². The molecule has 1 aromatic carbocycles. The van der Waals surface area contributed by atoms with E-state index in [2.05, 4.69) is 15.0 Å². The van der Waals surface area contributed by atoms with Crippen molar-refractivity contribution >= 4 is 17.3 Å². The van der Waals surface area contributed by atoms with Crippen molar-refractivity contribution in [1.82, 2.24) is 24.4 Å². The molecule has 0 unspecified atom stereocenters. The molecule has 146 valence electrons. The number of nitrogens with two attached hydrogens (primary N) is 1. The fourth-order valence-electron chi connectivity index (χ4n) is 3.21. The van der Waals surface area contributed by atoms with E-state index >= 15 is 0 Å². The molecule has 28 heavy (non-hydrogen) atoms. The molecule has 2 aromatic heterocycles. The van der Waals surface area contributed by atoms with E-state index in [9.17, 15) is 9.18 Å². The van der Waals surface area contributed by atoms with Crippen molar-refractivity contribution in [1.29, 1.82) is 0 Å². The van der Waals surface area contributed by atoms with E-state index in [1.807, 2.05) is 6.07 Å². The van der Waals surface area contributed by atoms with E-state index in [0.29, 0.717) is 30.8 Å². The Bertz CT molecular complexity index is 1030. The first-order valence-electron chi connectivity index (χ1n) is 8.64. The van der Waals surface area contributed by atoms with Crippen LogP contribution in [0.15, 0.2) is 36.8 Å². The number of likely N-dealkylation sites (N-methyl/N-ethyl adjacent to an activating group) is 1. The molecule has 0 saturated carbocycles. The average Bonchev–Trinajstić information content (AvgIpc) is 3.03. The Labute approximate surface area is 159 Å². The number of nitrogen functional groups attached to an aromatic ring is 1. The number of halogens is 1. The van der Waals surface area contributed by atoms with Crippen LogP contribution in [-0.2, 0) is 6.54 Å². The number of hydrogen-bond acceptors (Lipinski definition) is 6. The predicted octanol–water partition coefficient (Wildman–Crippen LogP) is 2.04. The lowest BCUT2D eigenvalue weighted by Gasteiger charge is -2.42. The van der Waals surface area contributed by atoms with E-state index in [0.717, 1.165) is 5.56 Å². The zero-order chi connectivity index (χ0) is 19.8. The molecule has 10 heteroatoms. The summed E-state index contributed by atoms with van der Waals surface area (Å²) in [4.78, 5) is 18.6. The normalized spacial score (nSPS) is 14.8. The highest BCUT2D eigenvalue weighted by Gasteiger charge is 2.32. The van der Waals surface area contributed by atoms with Crippen LogP contribution < -0.4 is 10.5 Å². The summed E-state index contributed by atoms with van der Waals surface area (Å²) in [5.74, 6) is -0.320. The van der Waals surface area contributed by atoms with Crippen LogP contribution in [0.1, 0.15) is 5.56 Å². The zero-order valence-electron chi connectivity index (χ0n) is 15.1. The molecule has 0 aliphatic carbocycles. The van der Waals surface area contributed by atoms with Crippen LogP contribution in [0.2, 0.25) is 0 Å². The highest BCUT2D eigenvalue weighted by molar-refractivity contribution is 5.65. The molecule has 3 heterocycles. The third kappa shape index (κ3) is 3.29. The maximum absolute atomic E-state index is 14.1. The first kappa shape index (κ1) is 18.0. The number of anilines is 1. The van der Waals surface area contributed by atoms with Gasteiger partial charge in [0.05, 0.1) is 6.04 Å².